The Hall–Kier alpha value is -2.42. The molecule has 0 aromatic carbocycles. The molecule has 1 aliphatic rings. The van der Waals surface area contributed by atoms with Gasteiger partial charge in [-0.05, 0) is 55.7 Å². The fourth-order valence-electron chi connectivity index (χ4n) is 4.30. The Morgan fingerprint density at radius 3 is 2.65 bits per heavy atom. The fraction of sp³-hybridized carbons (Fsp3) is 0.500. The van der Waals surface area contributed by atoms with Crippen LogP contribution in [0.25, 0.3) is 16.5 Å². The summed E-state index contributed by atoms with van der Waals surface area (Å²) in [6.07, 6.45) is 20.7. The molecule has 0 bridgehead atoms. The van der Waals surface area contributed by atoms with Crippen molar-refractivity contribution in [3.05, 3.63) is 60.1 Å². The van der Waals surface area contributed by atoms with E-state index in [-0.39, 0.29) is 0 Å². The van der Waals surface area contributed by atoms with Gasteiger partial charge in [0.05, 0.1) is 11.2 Å². The molecule has 3 rings (SSSR count). The summed E-state index contributed by atoms with van der Waals surface area (Å²) in [6.45, 7) is 9.06. The molecular weight excluding hydrogens is 378 g/mol. The number of unbranched alkanes of at least 4 members (excludes halogenated alkanes) is 2. The molecule has 166 valence electrons. The molecule has 1 aliphatic carbocycles. The summed E-state index contributed by atoms with van der Waals surface area (Å²) < 4.78 is 0. The van der Waals surface area contributed by atoms with Crippen LogP contribution in [0.5, 0.6) is 0 Å². The molecule has 0 aliphatic heterocycles. The maximum absolute atomic E-state index is 4.90. The lowest BCUT2D eigenvalue weighted by molar-refractivity contribution is 0.447. The number of nitrogens with one attached hydrogen (secondary N) is 1. The highest BCUT2D eigenvalue weighted by atomic mass is 15.0. The van der Waals surface area contributed by atoms with Gasteiger partial charge in [0.25, 0.3) is 0 Å². The van der Waals surface area contributed by atoms with E-state index in [9.17, 15) is 0 Å². The molecule has 3 nitrogen and oxygen atoms in total. The second-order valence-corrected chi connectivity index (χ2v) is 9.14. The van der Waals surface area contributed by atoms with Crippen LogP contribution in [-0.2, 0) is 0 Å². The Labute approximate surface area is 188 Å². The van der Waals surface area contributed by atoms with Crippen molar-refractivity contribution in [2.75, 3.05) is 5.32 Å². The number of allylic oxidation sites excluding steroid dienone is 6. The third kappa shape index (κ3) is 6.78. The van der Waals surface area contributed by atoms with Gasteiger partial charge in [0.1, 0.15) is 5.82 Å². The third-order valence-corrected chi connectivity index (χ3v) is 6.15. The van der Waals surface area contributed by atoms with Crippen molar-refractivity contribution >= 4 is 22.3 Å². The number of aromatic nitrogens is 2. The van der Waals surface area contributed by atoms with Crippen molar-refractivity contribution < 1.29 is 0 Å². The van der Waals surface area contributed by atoms with Gasteiger partial charge in [0.15, 0.2) is 0 Å². The number of hydrogen-bond donors (Lipinski definition) is 1. The topological polar surface area (TPSA) is 37.8 Å². The zero-order valence-corrected chi connectivity index (χ0v) is 19.8. The van der Waals surface area contributed by atoms with Crippen LogP contribution >= 0.6 is 0 Å². The fourth-order valence-corrected chi connectivity index (χ4v) is 4.30. The molecule has 0 radical (unpaired) electrons. The van der Waals surface area contributed by atoms with Gasteiger partial charge in [-0.25, -0.2) is 9.97 Å². The maximum Gasteiger partial charge on any atom is 0.132 e. The molecule has 1 unspecified atom stereocenters. The molecular formula is C28H39N3. The highest BCUT2D eigenvalue weighted by Gasteiger charge is 2.15. The molecule has 0 fully saturated rings. The van der Waals surface area contributed by atoms with Crippen molar-refractivity contribution in [3.63, 3.8) is 0 Å². The smallest absolute Gasteiger partial charge is 0.132 e. The first-order valence-electron chi connectivity index (χ1n) is 12.2. The van der Waals surface area contributed by atoms with Crippen molar-refractivity contribution in [3.8, 4) is 0 Å². The Morgan fingerprint density at radius 2 is 1.94 bits per heavy atom. The summed E-state index contributed by atoms with van der Waals surface area (Å²) in [5.74, 6) is 2.26. The molecule has 31 heavy (non-hydrogen) atoms. The quantitative estimate of drug-likeness (QED) is 0.353. The van der Waals surface area contributed by atoms with E-state index in [4.69, 9.17) is 4.98 Å². The van der Waals surface area contributed by atoms with Crippen molar-refractivity contribution in [2.45, 2.75) is 79.1 Å². The van der Waals surface area contributed by atoms with Crippen molar-refractivity contribution in [1.29, 1.82) is 0 Å². The highest BCUT2D eigenvalue weighted by molar-refractivity contribution is 5.84. The van der Waals surface area contributed by atoms with Crippen LogP contribution in [-0.4, -0.2) is 9.97 Å². The van der Waals surface area contributed by atoms with Gasteiger partial charge < -0.3 is 5.32 Å². The van der Waals surface area contributed by atoms with E-state index in [2.05, 4.69) is 80.5 Å². The van der Waals surface area contributed by atoms with Crippen LogP contribution < -0.4 is 5.32 Å². The number of rotatable bonds is 12. The molecule has 2 heterocycles. The maximum atomic E-state index is 4.90. The van der Waals surface area contributed by atoms with Crippen molar-refractivity contribution in [1.82, 2.24) is 9.97 Å². The Morgan fingerprint density at radius 1 is 1.13 bits per heavy atom. The van der Waals surface area contributed by atoms with Crippen LogP contribution in [0.4, 0.5) is 5.82 Å². The Kier molecular flexibility index (Phi) is 8.87. The lowest BCUT2D eigenvalue weighted by Crippen LogP contribution is -2.13. The first kappa shape index (κ1) is 23.2. The van der Waals surface area contributed by atoms with E-state index in [1.165, 1.54) is 56.2 Å². The van der Waals surface area contributed by atoms with E-state index in [1.807, 2.05) is 6.20 Å². The highest BCUT2D eigenvalue weighted by Crippen LogP contribution is 2.28. The number of pyridine rings is 2. The molecule has 2 aromatic heterocycles. The van der Waals surface area contributed by atoms with Gasteiger partial charge in [0, 0.05) is 23.3 Å². The van der Waals surface area contributed by atoms with Crippen LogP contribution in [0.2, 0.25) is 0 Å². The summed E-state index contributed by atoms with van der Waals surface area (Å²) in [5, 5.41) is 4.73. The second kappa shape index (κ2) is 11.8. The monoisotopic (exact) mass is 417 g/mol. The first-order valence-corrected chi connectivity index (χ1v) is 12.2. The lowest BCUT2D eigenvalue weighted by atomic mass is 9.91. The first-order chi connectivity index (χ1) is 15.1. The number of nitrogens with zero attached hydrogens (tertiary/aromatic N) is 2. The summed E-state index contributed by atoms with van der Waals surface area (Å²) >= 11 is 0. The lowest BCUT2D eigenvalue weighted by Gasteiger charge is -2.22. The Bertz CT molecular complexity index is 936. The molecule has 0 amide bonds. The number of fused-ring (bicyclic) bond motifs is 1. The van der Waals surface area contributed by atoms with Gasteiger partial charge in [-0.3, -0.25) is 0 Å². The van der Waals surface area contributed by atoms with E-state index < -0.39 is 0 Å². The summed E-state index contributed by atoms with van der Waals surface area (Å²) in [6, 6.07) is 6.31. The summed E-state index contributed by atoms with van der Waals surface area (Å²) in [5.41, 5.74) is 4.55. The van der Waals surface area contributed by atoms with E-state index in [0.29, 0.717) is 5.92 Å². The zero-order chi connectivity index (χ0) is 22.1. The van der Waals surface area contributed by atoms with Crippen LogP contribution in [0.15, 0.2) is 54.4 Å². The molecule has 3 heteroatoms. The average molecular weight is 418 g/mol. The van der Waals surface area contributed by atoms with E-state index >= 15 is 0 Å². The van der Waals surface area contributed by atoms with Crippen LogP contribution in [0.3, 0.4) is 0 Å². The third-order valence-electron chi connectivity index (χ3n) is 6.15. The largest absolute Gasteiger partial charge is 0.344 e. The van der Waals surface area contributed by atoms with Crippen LogP contribution in [0, 0.1) is 11.8 Å². The predicted octanol–water partition coefficient (Wildman–Crippen LogP) is 8.31. The van der Waals surface area contributed by atoms with E-state index in [1.54, 1.807) is 0 Å². The predicted molar refractivity (Wildman–Crippen MR) is 135 cm³/mol. The minimum absolute atomic E-state index is 0.572. The number of anilines is 1. The van der Waals surface area contributed by atoms with Gasteiger partial charge in [-0.15, -0.1) is 0 Å². The molecule has 1 N–H and O–H groups in total. The molecule has 0 saturated carbocycles. The minimum atomic E-state index is 0.572. The standard InChI is InChI=1S/C28H39N3/c1-5-7-13-22(14-9-8-12-21(3)4)25(6-2)31-28-19-27-24(20-29-28)17-18-26(30-27)23-15-10-11-16-23/h6,10,15-22H,5,7-9,11-14H2,1-4H3,(H,29,31)/b25-6+. The van der Waals surface area contributed by atoms with E-state index in [0.717, 1.165) is 34.8 Å². The Balaban J connectivity index is 1.73. The van der Waals surface area contributed by atoms with Crippen molar-refractivity contribution in [2.24, 2.45) is 11.8 Å². The second-order valence-electron chi connectivity index (χ2n) is 9.14. The molecule has 0 saturated heterocycles. The van der Waals surface area contributed by atoms with Gasteiger partial charge >= 0.3 is 0 Å². The van der Waals surface area contributed by atoms with Gasteiger partial charge in [0.2, 0.25) is 0 Å². The molecule has 0 spiro atoms. The molecule has 2 aromatic rings. The number of hydrogen-bond acceptors (Lipinski definition) is 3. The molecule has 1 atom stereocenters. The normalized spacial score (nSPS) is 15.0. The van der Waals surface area contributed by atoms with Crippen LogP contribution in [0.1, 0.15) is 84.8 Å². The van der Waals surface area contributed by atoms with Gasteiger partial charge in [-0.2, -0.15) is 0 Å². The average Bonchev–Trinajstić information content (AvgIpc) is 3.31. The zero-order valence-electron chi connectivity index (χ0n) is 19.8. The minimum Gasteiger partial charge on any atom is -0.344 e. The van der Waals surface area contributed by atoms with Gasteiger partial charge in [-0.1, -0.05) is 77.2 Å². The summed E-state index contributed by atoms with van der Waals surface area (Å²) in [7, 11) is 0. The SMILES string of the molecule is C/C=C(/Nc1cc2nc(C3=CCC=C3)ccc2cn1)C(CCCC)CCCCC(C)C. The summed E-state index contributed by atoms with van der Waals surface area (Å²) in [4.78, 5) is 9.59.